The molecule has 1 aromatic rings. The molecule has 1 fully saturated rings. The first-order chi connectivity index (χ1) is 12.8. The van der Waals surface area contributed by atoms with Gasteiger partial charge in [-0.1, -0.05) is 49.6 Å². The Morgan fingerprint density at radius 2 is 1.63 bits per heavy atom. The number of hydrogen-bond donors (Lipinski definition) is 5. The second kappa shape index (κ2) is 10.5. The Hall–Kier alpha value is -1.06. The lowest BCUT2D eigenvalue weighted by Gasteiger charge is -2.39. The smallest absolute Gasteiger partial charge is 0.288 e. The van der Waals surface area contributed by atoms with Crippen molar-refractivity contribution in [2.45, 2.75) is 43.7 Å². The van der Waals surface area contributed by atoms with Gasteiger partial charge in [0, 0.05) is 13.1 Å². The van der Waals surface area contributed by atoms with Crippen molar-refractivity contribution >= 4 is 0 Å². The van der Waals surface area contributed by atoms with E-state index in [2.05, 4.69) is 0 Å². The van der Waals surface area contributed by atoms with Gasteiger partial charge in [0.2, 0.25) is 0 Å². The molecule has 0 heterocycles. The summed E-state index contributed by atoms with van der Waals surface area (Å²) in [7, 11) is 0. The zero-order valence-corrected chi connectivity index (χ0v) is 15.8. The number of nitrogens with zero attached hydrogens (tertiary/aromatic N) is 1. The van der Waals surface area contributed by atoms with E-state index < -0.39 is 18.1 Å². The van der Waals surface area contributed by atoms with Crippen LogP contribution in [0.15, 0.2) is 30.3 Å². The molecule has 0 saturated heterocycles. The van der Waals surface area contributed by atoms with Crippen molar-refractivity contribution in [2.75, 3.05) is 39.5 Å². The van der Waals surface area contributed by atoms with Gasteiger partial charge in [0.15, 0.2) is 0 Å². The molecule has 1 aromatic carbocycles. The molecule has 0 aliphatic heterocycles. The Morgan fingerprint density at radius 3 is 2.22 bits per heavy atom. The van der Waals surface area contributed by atoms with Gasteiger partial charge in [-0.05, 0) is 24.3 Å². The van der Waals surface area contributed by atoms with Crippen molar-refractivity contribution in [2.24, 2.45) is 5.92 Å². The van der Waals surface area contributed by atoms with E-state index in [1.54, 1.807) is 0 Å². The van der Waals surface area contributed by atoms with Gasteiger partial charge in [0.25, 0.3) is 5.97 Å². The topological polar surface area (TPSA) is 114 Å². The highest BCUT2D eigenvalue weighted by Gasteiger charge is 2.39. The van der Waals surface area contributed by atoms with Crippen LogP contribution < -0.4 is 0 Å². The molecule has 0 aromatic heterocycles. The van der Waals surface area contributed by atoms with Crippen molar-refractivity contribution in [3.63, 3.8) is 0 Å². The SMILES string of the molecule is OCCN(CCOC[C@](O)(c1ccccc1)C1CCCCC1)CC(O)(O)O. The Kier molecular flexibility index (Phi) is 8.62. The summed E-state index contributed by atoms with van der Waals surface area (Å²) in [6.07, 6.45) is 5.34. The van der Waals surface area contributed by atoms with Gasteiger partial charge < -0.3 is 30.3 Å². The number of aliphatic hydroxyl groups excluding tert-OH is 1. The lowest BCUT2D eigenvalue weighted by molar-refractivity contribution is -0.317. The second-order valence-corrected chi connectivity index (χ2v) is 7.45. The minimum Gasteiger partial charge on any atom is -0.395 e. The predicted octanol–water partition coefficient (Wildman–Crippen LogP) is 0.396. The van der Waals surface area contributed by atoms with E-state index in [9.17, 15) is 5.11 Å². The van der Waals surface area contributed by atoms with Gasteiger partial charge in [-0.3, -0.25) is 4.90 Å². The van der Waals surface area contributed by atoms with Crippen LogP contribution in [0.2, 0.25) is 0 Å². The third-order valence-electron chi connectivity index (χ3n) is 5.28. The highest BCUT2D eigenvalue weighted by molar-refractivity contribution is 5.23. The number of benzene rings is 1. The van der Waals surface area contributed by atoms with E-state index >= 15 is 0 Å². The van der Waals surface area contributed by atoms with E-state index in [-0.39, 0.29) is 32.3 Å². The molecule has 7 nitrogen and oxygen atoms in total. The average molecular weight is 383 g/mol. The first kappa shape index (κ1) is 22.2. The maximum Gasteiger partial charge on any atom is 0.288 e. The normalized spacial score (nSPS) is 18.6. The molecule has 0 spiro atoms. The summed E-state index contributed by atoms with van der Waals surface area (Å²) in [5, 5.41) is 47.9. The molecule has 1 saturated carbocycles. The van der Waals surface area contributed by atoms with Crippen molar-refractivity contribution in [1.82, 2.24) is 4.90 Å². The van der Waals surface area contributed by atoms with Crippen molar-refractivity contribution < 1.29 is 30.3 Å². The monoisotopic (exact) mass is 383 g/mol. The van der Waals surface area contributed by atoms with Crippen LogP contribution in [0.5, 0.6) is 0 Å². The van der Waals surface area contributed by atoms with Crippen molar-refractivity contribution in [3.8, 4) is 0 Å². The number of rotatable bonds is 11. The summed E-state index contributed by atoms with van der Waals surface area (Å²) in [6, 6.07) is 9.59. The van der Waals surface area contributed by atoms with Crippen LogP contribution in [0, 0.1) is 5.92 Å². The zero-order valence-electron chi connectivity index (χ0n) is 15.8. The minimum absolute atomic E-state index is 0.141. The van der Waals surface area contributed by atoms with Crippen LogP contribution in [-0.2, 0) is 10.3 Å². The zero-order chi connectivity index (χ0) is 19.8. The molecule has 2 rings (SSSR count). The van der Waals surface area contributed by atoms with E-state index in [0.717, 1.165) is 31.2 Å². The average Bonchev–Trinajstić information content (AvgIpc) is 2.65. The first-order valence-corrected chi connectivity index (χ1v) is 9.71. The Bertz CT molecular complexity index is 529. The quantitative estimate of drug-likeness (QED) is 0.278. The molecular formula is C20H33NO6. The van der Waals surface area contributed by atoms with E-state index in [1.165, 1.54) is 11.3 Å². The summed E-state index contributed by atoms with van der Waals surface area (Å²) in [5.41, 5.74) is -0.206. The third-order valence-corrected chi connectivity index (χ3v) is 5.28. The Morgan fingerprint density at radius 1 is 0.963 bits per heavy atom. The summed E-state index contributed by atoms with van der Waals surface area (Å²) in [5.74, 6) is -2.68. The summed E-state index contributed by atoms with van der Waals surface area (Å²) in [6.45, 7) is 0.265. The molecule has 1 aliphatic carbocycles. The molecule has 0 bridgehead atoms. The van der Waals surface area contributed by atoms with Gasteiger partial charge in [-0.2, -0.15) is 0 Å². The number of aliphatic hydroxyl groups is 5. The molecule has 0 unspecified atom stereocenters. The van der Waals surface area contributed by atoms with Gasteiger partial charge >= 0.3 is 0 Å². The van der Waals surface area contributed by atoms with Gasteiger partial charge in [0.1, 0.15) is 5.60 Å². The molecule has 1 atom stereocenters. The van der Waals surface area contributed by atoms with Crippen LogP contribution in [0.1, 0.15) is 37.7 Å². The van der Waals surface area contributed by atoms with Crippen LogP contribution in [0.25, 0.3) is 0 Å². The Labute approximate surface area is 160 Å². The maximum atomic E-state index is 11.5. The number of ether oxygens (including phenoxy) is 1. The van der Waals surface area contributed by atoms with Crippen molar-refractivity contribution in [3.05, 3.63) is 35.9 Å². The highest BCUT2D eigenvalue weighted by atomic mass is 16.7. The predicted molar refractivity (Wildman–Crippen MR) is 101 cm³/mol. The molecule has 5 N–H and O–H groups in total. The van der Waals surface area contributed by atoms with Gasteiger partial charge in [-0.25, -0.2) is 0 Å². The van der Waals surface area contributed by atoms with Crippen LogP contribution >= 0.6 is 0 Å². The van der Waals surface area contributed by atoms with E-state index in [1.807, 2.05) is 30.3 Å². The molecule has 154 valence electrons. The van der Waals surface area contributed by atoms with Gasteiger partial charge in [-0.15, -0.1) is 0 Å². The summed E-state index contributed by atoms with van der Waals surface area (Å²) >= 11 is 0. The molecule has 7 heteroatoms. The van der Waals surface area contributed by atoms with E-state index in [0.29, 0.717) is 6.54 Å². The fraction of sp³-hybridized carbons (Fsp3) is 0.700. The fourth-order valence-corrected chi connectivity index (χ4v) is 3.88. The minimum atomic E-state index is -2.82. The van der Waals surface area contributed by atoms with Crippen molar-refractivity contribution in [1.29, 1.82) is 0 Å². The second-order valence-electron chi connectivity index (χ2n) is 7.45. The standard InChI is InChI=1S/C20H33NO6/c22-13-11-21(15-20(24,25)26)12-14-27-16-19(23,17-7-3-1-4-8-17)18-9-5-2-6-10-18/h1,3-4,7-8,18,22-26H,2,5-6,9-16H2/t19-/m0/s1. The van der Waals surface area contributed by atoms with Crippen LogP contribution in [-0.4, -0.2) is 75.9 Å². The largest absolute Gasteiger partial charge is 0.395 e. The molecule has 27 heavy (non-hydrogen) atoms. The summed E-state index contributed by atoms with van der Waals surface area (Å²) < 4.78 is 5.78. The van der Waals surface area contributed by atoms with Crippen LogP contribution in [0.4, 0.5) is 0 Å². The third kappa shape index (κ3) is 7.12. The van der Waals surface area contributed by atoms with E-state index in [4.69, 9.17) is 25.2 Å². The molecule has 0 radical (unpaired) electrons. The summed E-state index contributed by atoms with van der Waals surface area (Å²) in [4.78, 5) is 1.49. The highest BCUT2D eigenvalue weighted by Crippen LogP contribution is 2.39. The fourth-order valence-electron chi connectivity index (χ4n) is 3.88. The van der Waals surface area contributed by atoms with Gasteiger partial charge in [0.05, 0.1) is 26.4 Å². The first-order valence-electron chi connectivity index (χ1n) is 9.71. The Balaban J connectivity index is 1.95. The molecular weight excluding hydrogens is 350 g/mol. The lowest BCUT2D eigenvalue weighted by atomic mass is 9.74. The number of hydrogen-bond acceptors (Lipinski definition) is 7. The molecule has 1 aliphatic rings. The lowest BCUT2D eigenvalue weighted by Crippen LogP contribution is -2.46. The molecule has 0 amide bonds. The maximum absolute atomic E-state index is 11.5. The van der Waals surface area contributed by atoms with Crippen LogP contribution in [0.3, 0.4) is 0 Å².